The van der Waals surface area contributed by atoms with Crippen LogP contribution in [0, 0.1) is 19.8 Å². The van der Waals surface area contributed by atoms with E-state index in [-0.39, 0.29) is 11.8 Å². The van der Waals surface area contributed by atoms with Gasteiger partial charge in [-0.3, -0.25) is 9.89 Å². The molecule has 2 aromatic rings. The zero-order chi connectivity index (χ0) is 18.1. The molecule has 3 heterocycles. The van der Waals surface area contributed by atoms with E-state index in [0.29, 0.717) is 36.7 Å². The summed E-state index contributed by atoms with van der Waals surface area (Å²) in [6, 6.07) is 1.97. The molecule has 3 rings (SSSR count). The smallest absolute Gasteiger partial charge is 0.257 e. The molecule has 8 nitrogen and oxygen atoms in total. The summed E-state index contributed by atoms with van der Waals surface area (Å²) in [4.78, 5) is 24.9. The number of hydrogen-bond donors (Lipinski definition) is 2. The molecule has 1 saturated heterocycles. The van der Waals surface area contributed by atoms with Crippen LogP contribution in [0.3, 0.4) is 0 Å². The molecule has 25 heavy (non-hydrogen) atoms. The minimum absolute atomic E-state index is 0.0195. The van der Waals surface area contributed by atoms with Crippen molar-refractivity contribution in [3.8, 4) is 0 Å². The summed E-state index contributed by atoms with van der Waals surface area (Å²) in [6.07, 6.45) is 1.66. The van der Waals surface area contributed by atoms with Gasteiger partial charge in [-0.2, -0.15) is 5.10 Å². The topological polar surface area (TPSA) is 98.2 Å². The highest BCUT2D eigenvalue weighted by Crippen LogP contribution is 2.23. The maximum atomic E-state index is 12.8. The summed E-state index contributed by atoms with van der Waals surface area (Å²) in [5.41, 5.74) is 3.02. The molecular formula is C17H24N6O2. The Hall–Kier alpha value is -2.48. The average molecular weight is 344 g/mol. The van der Waals surface area contributed by atoms with Gasteiger partial charge in [0.1, 0.15) is 0 Å². The number of nitrogens with one attached hydrogen (secondary N) is 1. The van der Waals surface area contributed by atoms with Gasteiger partial charge in [-0.25, -0.2) is 9.97 Å². The fourth-order valence-electron chi connectivity index (χ4n) is 3.12. The van der Waals surface area contributed by atoms with Gasteiger partial charge in [0, 0.05) is 45.0 Å². The van der Waals surface area contributed by atoms with Crippen LogP contribution in [0.4, 0.5) is 5.95 Å². The lowest BCUT2D eigenvalue weighted by molar-refractivity contribution is 0.0763. The predicted molar refractivity (Wildman–Crippen MR) is 93.5 cm³/mol. The first-order valence-corrected chi connectivity index (χ1v) is 8.34. The quantitative estimate of drug-likeness (QED) is 0.841. The summed E-state index contributed by atoms with van der Waals surface area (Å²) < 4.78 is 0. The van der Waals surface area contributed by atoms with E-state index in [2.05, 4.69) is 20.2 Å². The molecule has 2 atom stereocenters. The molecule has 0 aromatic carbocycles. The number of hydrogen-bond acceptors (Lipinski definition) is 6. The number of carbonyl (C=O) groups excluding carboxylic acids is 1. The number of aliphatic hydroxyl groups excluding tert-OH is 1. The van der Waals surface area contributed by atoms with Gasteiger partial charge in [-0.1, -0.05) is 0 Å². The Balaban J connectivity index is 1.71. The Labute approximate surface area is 146 Å². The van der Waals surface area contributed by atoms with E-state index in [4.69, 9.17) is 0 Å². The molecule has 0 spiro atoms. The number of rotatable bonds is 4. The van der Waals surface area contributed by atoms with Crippen LogP contribution in [0.15, 0.2) is 12.3 Å². The van der Waals surface area contributed by atoms with Gasteiger partial charge in [-0.05, 0) is 26.3 Å². The second-order valence-corrected chi connectivity index (χ2v) is 6.85. The first kappa shape index (κ1) is 17.3. The van der Waals surface area contributed by atoms with Gasteiger partial charge in [0.25, 0.3) is 5.91 Å². The number of β-amino-alcohol motifs (C(OH)–C–C–N with tert-alkyl or cyclic N) is 1. The molecule has 1 amide bonds. The summed E-state index contributed by atoms with van der Waals surface area (Å²) in [5.74, 6) is 0.416. The lowest BCUT2D eigenvalue weighted by Gasteiger charge is -2.18. The van der Waals surface area contributed by atoms with E-state index in [0.717, 1.165) is 11.4 Å². The number of aliphatic hydroxyl groups is 1. The fraction of sp³-hybridized carbons (Fsp3) is 0.529. The van der Waals surface area contributed by atoms with Crippen molar-refractivity contribution in [2.75, 3.05) is 32.1 Å². The van der Waals surface area contributed by atoms with Crippen molar-refractivity contribution in [2.24, 2.45) is 5.92 Å². The Kier molecular flexibility index (Phi) is 4.71. The van der Waals surface area contributed by atoms with Crippen molar-refractivity contribution < 1.29 is 9.90 Å². The molecule has 0 radical (unpaired) electrons. The van der Waals surface area contributed by atoms with Crippen LogP contribution in [-0.2, 0) is 6.42 Å². The van der Waals surface area contributed by atoms with Gasteiger partial charge in [0.2, 0.25) is 5.95 Å². The van der Waals surface area contributed by atoms with Crippen molar-refractivity contribution in [3.05, 3.63) is 34.9 Å². The number of aromatic amines is 1. The van der Waals surface area contributed by atoms with Crippen LogP contribution in [0.5, 0.6) is 0 Å². The third kappa shape index (κ3) is 3.63. The molecule has 1 aliphatic rings. The zero-order valence-electron chi connectivity index (χ0n) is 15.0. The molecule has 2 N–H and O–H groups in total. The van der Waals surface area contributed by atoms with Gasteiger partial charge in [0.15, 0.2) is 0 Å². The maximum absolute atomic E-state index is 12.8. The van der Waals surface area contributed by atoms with Crippen LogP contribution in [0.2, 0.25) is 0 Å². The molecule has 0 bridgehead atoms. The molecule has 2 aromatic heterocycles. The van der Waals surface area contributed by atoms with E-state index in [1.807, 2.05) is 27.1 Å². The number of H-pyrrole nitrogens is 1. The Bertz CT molecular complexity index is 772. The third-order valence-corrected chi connectivity index (χ3v) is 4.52. The normalized spacial score (nSPS) is 20.1. The molecular weight excluding hydrogens is 320 g/mol. The first-order chi connectivity index (χ1) is 11.8. The molecule has 134 valence electrons. The second-order valence-electron chi connectivity index (χ2n) is 6.85. The Morgan fingerprint density at radius 1 is 1.40 bits per heavy atom. The number of likely N-dealkylation sites (tertiary alicyclic amines) is 1. The summed E-state index contributed by atoms with van der Waals surface area (Å²) in [7, 11) is 3.71. The number of aryl methyl sites for hydroxylation is 2. The van der Waals surface area contributed by atoms with Gasteiger partial charge < -0.3 is 14.9 Å². The highest BCUT2D eigenvalue weighted by atomic mass is 16.3. The SMILES string of the molecule is Cc1cc(C[C@@H]2CN(C(=O)c3cnc(N(C)C)nc3C)C[C@H]2O)n[nH]1. The van der Waals surface area contributed by atoms with Gasteiger partial charge in [0.05, 0.1) is 23.1 Å². The maximum Gasteiger partial charge on any atom is 0.257 e. The predicted octanol–water partition coefficient (Wildman–Crippen LogP) is 0.558. The van der Waals surface area contributed by atoms with Crippen molar-refractivity contribution >= 4 is 11.9 Å². The fourth-order valence-corrected chi connectivity index (χ4v) is 3.12. The number of anilines is 1. The van der Waals surface area contributed by atoms with E-state index < -0.39 is 6.10 Å². The monoisotopic (exact) mass is 344 g/mol. The van der Waals surface area contributed by atoms with Crippen molar-refractivity contribution in [1.82, 2.24) is 25.1 Å². The average Bonchev–Trinajstić information content (AvgIpc) is 3.13. The molecule has 8 heteroatoms. The number of carbonyl (C=O) groups is 1. The van der Waals surface area contributed by atoms with E-state index in [9.17, 15) is 9.90 Å². The summed E-state index contributed by atoms with van der Waals surface area (Å²) in [5, 5.41) is 17.5. The van der Waals surface area contributed by atoms with Crippen molar-refractivity contribution in [1.29, 1.82) is 0 Å². The van der Waals surface area contributed by atoms with E-state index in [1.165, 1.54) is 0 Å². The molecule has 1 aliphatic heterocycles. The lowest BCUT2D eigenvalue weighted by atomic mass is 10.0. The third-order valence-electron chi connectivity index (χ3n) is 4.52. The summed E-state index contributed by atoms with van der Waals surface area (Å²) >= 11 is 0. The van der Waals surface area contributed by atoms with Gasteiger partial charge >= 0.3 is 0 Å². The number of amides is 1. The largest absolute Gasteiger partial charge is 0.391 e. The van der Waals surface area contributed by atoms with Crippen molar-refractivity contribution in [3.63, 3.8) is 0 Å². The van der Waals surface area contributed by atoms with Crippen LogP contribution in [0.25, 0.3) is 0 Å². The van der Waals surface area contributed by atoms with Crippen LogP contribution >= 0.6 is 0 Å². The second kappa shape index (κ2) is 6.79. The highest BCUT2D eigenvalue weighted by molar-refractivity contribution is 5.95. The minimum Gasteiger partial charge on any atom is -0.391 e. The lowest BCUT2D eigenvalue weighted by Crippen LogP contribution is -2.30. The first-order valence-electron chi connectivity index (χ1n) is 8.34. The van der Waals surface area contributed by atoms with Crippen LogP contribution in [0.1, 0.15) is 27.4 Å². The summed E-state index contributed by atoms with van der Waals surface area (Å²) in [6.45, 7) is 4.57. The Morgan fingerprint density at radius 3 is 2.76 bits per heavy atom. The van der Waals surface area contributed by atoms with Crippen LogP contribution < -0.4 is 4.90 Å². The molecule has 0 saturated carbocycles. The minimum atomic E-state index is -0.553. The van der Waals surface area contributed by atoms with Crippen LogP contribution in [-0.4, -0.2) is 69.4 Å². The van der Waals surface area contributed by atoms with Gasteiger partial charge in [-0.15, -0.1) is 0 Å². The highest BCUT2D eigenvalue weighted by Gasteiger charge is 2.35. The number of nitrogens with zero attached hydrogens (tertiary/aromatic N) is 5. The van der Waals surface area contributed by atoms with E-state index in [1.54, 1.807) is 22.9 Å². The zero-order valence-corrected chi connectivity index (χ0v) is 15.0. The number of aromatic nitrogens is 4. The Morgan fingerprint density at radius 2 is 2.16 bits per heavy atom. The molecule has 1 fully saturated rings. The molecule has 0 aliphatic carbocycles. The standard InChI is InChI=1S/C17H24N6O2/c1-10-5-13(21-20-10)6-12-8-23(9-15(12)24)16(25)14-7-18-17(22(3)4)19-11(14)2/h5,7,12,15,24H,6,8-9H2,1-4H3,(H,20,21)/t12-,15-/m1/s1. The molecule has 0 unspecified atom stereocenters. The van der Waals surface area contributed by atoms with Crippen molar-refractivity contribution in [2.45, 2.75) is 26.4 Å². The van der Waals surface area contributed by atoms with E-state index >= 15 is 0 Å².